The van der Waals surface area contributed by atoms with Crippen LogP contribution in [0.15, 0.2) is 47.1 Å². The molecule has 2 aromatic carbocycles. The molecule has 0 aliphatic heterocycles. The number of imidazole rings is 1. The number of para-hydroxylation sites is 1. The average Bonchev–Trinajstić information content (AvgIpc) is 3.32. The highest BCUT2D eigenvalue weighted by molar-refractivity contribution is 6.12. The Morgan fingerprint density at radius 1 is 0.829 bits per heavy atom. The number of fused-ring (bicyclic) bond motifs is 3. The Bertz CT molecular complexity index is 1540. The number of aromatic nitrogens is 5. The zero-order valence-corrected chi connectivity index (χ0v) is 22.2. The molecule has 0 bridgehead atoms. The van der Waals surface area contributed by atoms with Gasteiger partial charge in [0.15, 0.2) is 11.4 Å². The molecule has 0 N–H and O–H groups in total. The van der Waals surface area contributed by atoms with E-state index < -0.39 is 0 Å². The predicted molar refractivity (Wildman–Crippen MR) is 140 cm³/mol. The van der Waals surface area contributed by atoms with E-state index >= 15 is 0 Å². The molecule has 3 heterocycles. The van der Waals surface area contributed by atoms with Crippen molar-refractivity contribution < 1.29 is 8.98 Å². The molecule has 0 radical (unpaired) electrons. The highest BCUT2D eigenvalue weighted by Gasteiger charge is 2.28. The Labute approximate surface area is 206 Å². The van der Waals surface area contributed by atoms with Crippen molar-refractivity contribution in [3.8, 4) is 22.8 Å². The van der Waals surface area contributed by atoms with Crippen LogP contribution in [0.2, 0.25) is 0 Å². The SMILES string of the molecule is Cc1ccc2c(oc3c(-c4nc(C(C)(C)C)nc(C(C)(C)C)n4)cccc32)c1-c1n(C)cc[n+]1C. The molecule has 6 heteroatoms. The number of nitrogens with zero attached hydrogens (tertiary/aromatic N) is 5. The van der Waals surface area contributed by atoms with Gasteiger partial charge < -0.3 is 4.42 Å². The molecule has 0 saturated carbocycles. The first-order valence-corrected chi connectivity index (χ1v) is 12.1. The van der Waals surface area contributed by atoms with Crippen molar-refractivity contribution in [1.82, 2.24) is 19.5 Å². The highest BCUT2D eigenvalue weighted by Crippen LogP contribution is 2.40. The molecule has 0 aliphatic carbocycles. The van der Waals surface area contributed by atoms with Crippen molar-refractivity contribution in [1.29, 1.82) is 0 Å². The molecule has 180 valence electrons. The molecular weight excluding hydrogens is 434 g/mol. The second-order valence-electron chi connectivity index (χ2n) is 11.6. The number of hydrogen-bond donors (Lipinski definition) is 0. The number of furan rings is 1. The van der Waals surface area contributed by atoms with Crippen LogP contribution in [0.4, 0.5) is 0 Å². The molecule has 0 saturated heterocycles. The van der Waals surface area contributed by atoms with Crippen LogP contribution in [0.25, 0.3) is 44.7 Å². The standard InChI is InChI=1S/C29H34N5O/c1-17-13-14-19-18-11-10-12-20(22(18)35-23(19)21(17)25-33(8)15-16-34(25)9)24-30-26(28(2,3)4)32-27(31-24)29(5,6)7/h10-16H,1-9H3/q+1. The zero-order chi connectivity index (χ0) is 25.3. The van der Waals surface area contributed by atoms with E-state index in [9.17, 15) is 0 Å². The van der Waals surface area contributed by atoms with E-state index in [1.165, 1.54) is 5.56 Å². The van der Waals surface area contributed by atoms with E-state index in [0.717, 1.165) is 50.5 Å². The van der Waals surface area contributed by atoms with E-state index in [0.29, 0.717) is 5.82 Å². The molecule has 0 amide bonds. The third-order valence-corrected chi connectivity index (χ3v) is 6.50. The van der Waals surface area contributed by atoms with Gasteiger partial charge in [-0.05, 0) is 18.6 Å². The summed E-state index contributed by atoms with van der Waals surface area (Å²) >= 11 is 0. The maximum Gasteiger partial charge on any atom is 0.292 e. The van der Waals surface area contributed by atoms with Gasteiger partial charge in [0, 0.05) is 21.6 Å². The lowest BCUT2D eigenvalue weighted by atomic mass is 9.93. The highest BCUT2D eigenvalue weighted by atomic mass is 16.3. The minimum atomic E-state index is -0.203. The molecule has 5 aromatic rings. The fourth-order valence-electron chi connectivity index (χ4n) is 4.52. The molecule has 5 rings (SSSR count). The molecule has 6 nitrogen and oxygen atoms in total. The van der Waals surface area contributed by atoms with Crippen molar-refractivity contribution in [2.75, 3.05) is 0 Å². The average molecular weight is 469 g/mol. The van der Waals surface area contributed by atoms with E-state index in [2.05, 4.69) is 108 Å². The Morgan fingerprint density at radius 2 is 1.46 bits per heavy atom. The Hall–Kier alpha value is -3.54. The molecule has 0 atom stereocenters. The van der Waals surface area contributed by atoms with E-state index in [4.69, 9.17) is 19.4 Å². The van der Waals surface area contributed by atoms with Crippen LogP contribution in [0.1, 0.15) is 58.8 Å². The van der Waals surface area contributed by atoms with Crippen molar-refractivity contribution in [2.24, 2.45) is 14.1 Å². The van der Waals surface area contributed by atoms with Crippen molar-refractivity contribution in [3.05, 3.63) is 59.9 Å². The number of rotatable bonds is 2. The number of hydrogen-bond acceptors (Lipinski definition) is 4. The van der Waals surface area contributed by atoms with Crippen LogP contribution < -0.4 is 4.57 Å². The van der Waals surface area contributed by atoms with Gasteiger partial charge in [0.2, 0.25) is 0 Å². The Kier molecular flexibility index (Phi) is 5.13. The van der Waals surface area contributed by atoms with Gasteiger partial charge in [-0.25, -0.2) is 24.1 Å². The van der Waals surface area contributed by atoms with Gasteiger partial charge in [0.1, 0.15) is 35.2 Å². The summed E-state index contributed by atoms with van der Waals surface area (Å²) in [5, 5.41) is 2.15. The monoisotopic (exact) mass is 468 g/mol. The lowest BCUT2D eigenvalue weighted by molar-refractivity contribution is -0.659. The summed E-state index contributed by atoms with van der Waals surface area (Å²) in [5.41, 5.74) is 4.43. The third kappa shape index (κ3) is 3.81. The van der Waals surface area contributed by atoms with E-state index in [1.54, 1.807) is 0 Å². The smallest absolute Gasteiger partial charge is 0.292 e. The van der Waals surface area contributed by atoms with Crippen LogP contribution >= 0.6 is 0 Å². The summed E-state index contributed by atoms with van der Waals surface area (Å²) < 4.78 is 11.0. The van der Waals surface area contributed by atoms with Crippen LogP contribution in [0, 0.1) is 6.92 Å². The first-order valence-electron chi connectivity index (χ1n) is 12.1. The first-order chi connectivity index (χ1) is 16.4. The van der Waals surface area contributed by atoms with Crippen LogP contribution in [-0.2, 0) is 24.9 Å². The normalized spacial score (nSPS) is 12.7. The second kappa shape index (κ2) is 7.74. The lowest BCUT2D eigenvalue weighted by Crippen LogP contribution is -2.29. The van der Waals surface area contributed by atoms with Crippen LogP contribution in [0.5, 0.6) is 0 Å². The number of aryl methyl sites for hydroxylation is 3. The maximum absolute atomic E-state index is 6.71. The van der Waals surface area contributed by atoms with Gasteiger partial charge in [-0.3, -0.25) is 0 Å². The minimum Gasteiger partial charge on any atom is -0.454 e. The fraction of sp³-hybridized carbons (Fsp3) is 0.379. The van der Waals surface area contributed by atoms with E-state index in [-0.39, 0.29) is 10.8 Å². The fourth-order valence-corrected chi connectivity index (χ4v) is 4.52. The van der Waals surface area contributed by atoms with Gasteiger partial charge in [-0.2, -0.15) is 0 Å². The molecule has 0 spiro atoms. The molecular formula is C29H34N5O+. The van der Waals surface area contributed by atoms with Crippen molar-refractivity contribution >= 4 is 21.9 Å². The summed E-state index contributed by atoms with van der Waals surface area (Å²) in [4.78, 5) is 14.7. The topological polar surface area (TPSA) is 60.6 Å². The minimum absolute atomic E-state index is 0.203. The summed E-state index contributed by atoms with van der Waals surface area (Å²) in [7, 11) is 4.13. The van der Waals surface area contributed by atoms with Crippen molar-refractivity contribution in [3.63, 3.8) is 0 Å². The van der Waals surface area contributed by atoms with Gasteiger partial charge in [0.05, 0.1) is 19.7 Å². The van der Waals surface area contributed by atoms with E-state index in [1.807, 2.05) is 6.07 Å². The molecule has 0 unspecified atom stereocenters. The van der Waals surface area contributed by atoms with Crippen molar-refractivity contribution in [2.45, 2.75) is 59.3 Å². The second-order valence-corrected chi connectivity index (χ2v) is 11.6. The maximum atomic E-state index is 6.71. The summed E-state index contributed by atoms with van der Waals surface area (Å²) in [6.07, 6.45) is 4.13. The van der Waals surface area contributed by atoms with Gasteiger partial charge in [0.25, 0.3) is 5.82 Å². The summed E-state index contributed by atoms with van der Waals surface area (Å²) in [6.45, 7) is 14.9. The first kappa shape index (κ1) is 23.2. The van der Waals surface area contributed by atoms with Crippen LogP contribution in [-0.4, -0.2) is 19.5 Å². The quantitative estimate of drug-likeness (QED) is 0.291. The summed E-state index contributed by atoms with van der Waals surface area (Å²) in [6, 6.07) is 10.6. The molecule has 35 heavy (non-hydrogen) atoms. The lowest BCUT2D eigenvalue weighted by Gasteiger charge is -2.22. The number of benzene rings is 2. The summed E-state index contributed by atoms with van der Waals surface area (Å²) in [5.74, 6) is 3.32. The predicted octanol–water partition coefficient (Wildman–Crippen LogP) is 6.17. The zero-order valence-electron chi connectivity index (χ0n) is 22.2. The molecule has 3 aromatic heterocycles. The Morgan fingerprint density at radius 3 is 2.03 bits per heavy atom. The van der Waals surface area contributed by atoms with Crippen LogP contribution in [0.3, 0.4) is 0 Å². The Balaban J connectivity index is 1.84. The van der Waals surface area contributed by atoms with Gasteiger partial charge in [-0.1, -0.05) is 65.8 Å². The largest absolute Gasteiger partial charge is 0.454 e. The molecule has 0 fully saturated rings. The van der Waals surface area contributed by atoms with Gasteiger partial charge >= 0.3 is 0 Å². The third-order valence-electron chi connectivity index (χ3n) is 6.50. The molecule has 0 aliphatic rings. The van der Waals surface area contributed by atoms with Gasteiger partial charge in [-0.15, -0.1) is 0 Å².